The van der Waals surface area contributed by atoms with Gasteiger partial charge in [-0.1, -0.05) is 6.92 Å². The van der Waals surface area contributed by atoms with E-state index in [0.29, 0.717) is 11.8 Å². The zero-order valence-corrected chi connectivity index (χ0v) is 13.7. The highest BCUT2D eigenvalue weighted by Crippen LogP contribution is 2.31. The Hall–Kier alpha value is -2.53. The monoisotopic (exact) mass is 323 g/mol. The van der Waals surface area contributed by atoms with E-state index in [4.69, 9.17) is 4.42 Å². The van der Waals surface area contributed by atoms with Crippen molar-refractivity contribution in [3.8, 4) is 0 Å². The molecule has 0 spiro atoms. The van der Waals surface area contributed by atoms with Crippen molar-refractivity contribution in [3.63, 3.8) is 0 Å². The lowest BCUT2D eigenvalue weighted by Crippen LogP contribution is -2.34. The number of likely N-dealkylation sites (N-methyl/N-ethyl adjacent to an activating group) is 1. The van der Waals surface area contributed by atoms with Crippen molar-refractivity contribution >= 4 is 22.5 Å². The standard InChI is InChI=1S/C19H21N3O2/c1-2-20-12-5-7-16-14(10-12)15-11-13(6-8-17(15)22-16)21-19(23)18-4-3-9-24-18/h3-4,6,8-9,11-12,20,22H,2,5,7,10H2,1H3,(H,21,23). The van der Waals surface area contributed by atoms with Crippen LogP contribution in [0.2, 0.25) is 0 Å². The molecule has 0 radical (unpaired) electrons. The maximum atomic E-state index is 12.2. The summed E-state index contributed by atoms with van der Waals surface area (Å²) in [6.07, 6.45) is 4.76. The number of hydrogen-bond acceptors (Lipinski definition) is 3. The number of hydrogen-bond donors (Lipinski definition) is 3. The second-order valence-corrected chi connectivity index (χ2v) is 6.27. The van der Waals surface area contributed by atoms with Gasteiger partial charge in [0, 0.05) is 28.3 Å². The Bertz CT molecular complexity index is 864. The van der Waals surface area contributed by atoms with E-state index in [0.717, 1.165) is 37.0 Å². The van der Waals surface area contributed by atoms with Gasteiger partial charge in [0.1, 0.15) is 0 Å². The summed E-state index contributed by atoms with van der Waals surface area (Å²) in [5, 5.41) is 7.66. The molecule has 0 bridgehead atoms. The van der Waals surface area contributed by atoms with Crippen LogP contribution in [0.3, 0.4) is 0 Å². The Morgan fingerprint density at radius 2 is 2.29 bits per heavy atom. The van der Waals surface area contributed by atoms with Crippen LogP contribution in [0.25, 0.3) is 10.9 Å². The van der Waals surface area contributed by atoms with Crippen LogP contribution in [-0.2, 0) is 12.8 Å². The summed E-state index contributed by atoms with van der Waals surface area (Å²) in [6.45, 7) is 3.14. The number of aryl methyl sites for hydroxylation is 1. The minimum absolute atomic E-state index is 0.228. The van der Waals surface area contributed by atoms with E-state index < -0.39 is 0 Å². The zero-order valence-electron chi connectivity index (χ0n) is 13.7. The van der Waals surface area contributed by atoms with Gasteiger partial charge in [-0.3, -0.25) is 4.79 Å². The van der Waals surface area contributed by atoms with Crippen molar-refractivity contribution in [2.24, 2.45) is 0 Å². The number of benzene rings is 1. The minimum Gasteiger partial charge on any atom is -0.459 e. The van der Waals surface area contributed by atoms with Crippen LogP contribution < -0.4 is 10.6 Å². The highest BCUT2D eigenvalue weighted by atomic mass is 16.3. The molecule has 3 N–H and O–H groups in total. The Balaban J connectivity index is 1.63. The van der Waals surface area contributed by atoms with Gasteiger partial charge in [-0.2, -0.15) is 0 Å². The lowest BCUT2D eigenvalue weighted by Gasteiger charge is -2.23. The molecule has 1 atom stereocenters. The molecule has 2 heterocycles. The lowest BCUT2D eigenvalue weighted by molar-refractivity contribution is 0.0996. The first-order valence-corrected chi connectivity index (χ1v) is 8.46. The molecule has 124 valence electrons. The number of carbonyl (C=O) groups excluding carboxylic acids is 1. The molecular formula is C19H21N3O2. The van der Waals surface area contributed by atoms with Crippen molar-refractivity contribution in [1.82, 2.24) is 10.3 Å². The third-order valence-corrected chi connectivity index (χ3v) is 4.68. The minimum atomic E-state index is -0.228. The highest BCUT2D eigenvalue weighted by molar-refractivity contribution is 6.03. The number of rotatable bonds is 4. The van der Waals surface area contributed by atoms with Gasteiger partial charge >= 0.3 is 0 Å². The van der Waals surface area contributed by atoms with Gasteiger partial charge < -0.3 is 20.0 Å². The first kappa shape index (κ1) is 15.0. The summed E-state index contributed by atoms with van der Waals surface area (Å²) in [5.74, 6) is 0.0904. The third-order valence-electron chi connectivity index (χ3n) is 4.68. The summed E-state index contributed by atoms with van der Waals surface area (Å²) in [4.78, 5) is 15.7. The topological polar surface area (TPSA) is 70.1 Å². The van der Waals surface area contributed by atoms with Crippen LogP contribution in [-0.4, -0.2) is 23.5 Å². The fourth-order valence-corrected chi connectivity index (χ4v) is 3.56. The Morgan fingerprint density at radius 3 is 3.08 bits per heavy atom. The summed E-state index contributed by atoms with van der Waals surface area (Å²) in [7, 11) is 0. The fourth-order valence-electron chi connectivity index (χ4n) is 3.56. The maximum absolute atomic E-state index is 12.2. The van der Waals surface area contributed by atoms with Crippen molar-refractivity contribution in [3.05, 3.63) is 53.6 Å². The molecular weight excluding hydrogens is 302 g/mol. The molecule has 1 aliphatic carbocycles. The largest absolute Gasteiger partial charge is 0.459 e. The average Bonchev–Trinajstić information content (AvgIpc) is 3.23. The Labute approximate surface area is 140 Å². The van der Waals surface area contributed by atoms with Gasteiger partial charge in [-0.15, -0.1) is 0 Å². The van der Waals surface area contributed by atoms with Crippen LogP contribution in [0.15, 0.2) is 41.0 Å². The van der Waals surface area contributed by atoms with Crippen LogP contribution in [0, 0.1) is 0 Å². The predicted molar refractivity (Wildman–Crippen MR) is 94.4 cm³/mol. The van der Waals surface area contributed by atoms with E-state index in [9.17, 15) is 4.79 Å². The molecule has 3 aromatic rings. The van der Waals surface area contributed by atoms with Crippen molar-refractivity contribution in [1.29, 1.82) is 0 Å². The summed E-state index contributed by atoms with van der Waals surface area (Å²) < 4.78 is 5.15. The van der Waals surface area contributed by atoms with Crippen molar-refractivity contribution in [2.75, 3.05) is 11.9 Å². The van der Waals surface area contributed by atoms with Gasteiger partial charge in [0.2, 0.25) is 0 Å². The SMILES string of the molecule is CCNC1CCc2[nH]c3ccc(NC(=O)c4ccco4)cc3c2C1. The summed E-state index contributed by atoms with van der Waals surface area (Å²) in [6, 6.07) is 9.91. The number of fused-ring (bicyclic) bond motifs is 3. The summed E-state index contributed by atoms with van der Waals surface area (Å²) in [5.41, 5.74) is 4.62. The quantitative estimate of drug-likeness (QED) is 0.688. The molecule has 5 nitrogen and oxygen atoms in total. The first-order chi connectivity index (χ1) is 11.7. The average molecular weight is 323 g/mol. The Morgan fingerprint density at radius 1 is 1.38 bits per heavy atom. The number of carbonyl (C=O) groups is 1. The number of amides is 1. The molecule has 0 saturated heterocycles. The number of aromatic nitrogens is 1. The molecule has 5 heteroatoms. The molecule has 1 aromatic carbocycles. The second-order valence-electron chi connectivity index (χ2n) is 6.27. The smallest absolute Gasteiger partial charge is 0.291 e. The normalized spacial score (nSPS) is 17.0. The number of nitrogens with one attached hydrogen (secondary N) is 3. The van der Waals surface area contributed by atoms with Gasteiger partial charge in [-0.25, -0.2) is 0 Å². The second kappa shape index (κ2) is 6.17. The van der Waals surface area contributed by atoms with Crippen molar-refractivity contribution in [2.45, 2.75) is 32.2 Å². The molecule has 0 fully saturated rings. The molecule has 1 aliphatic rings. The number of aromatic amines is 1. The van der Waals surface area contributed by atoms with Gasteiger partial charge in [0.15, 0.2) is 5.76 Å². The molecule has 0 aliphatic heterocycles. The summed E-state index contributed by atoms with van der Waals surface area (Å²) >= 11 is 0. The lowest BCUT2D eigenvalue weighted by atomic mass is 9.91. The van der Waals surface area contributed by atoms with E-state index in [1.165, 1.54) is 22.9 Å². The number of furan rings is 1. The first-order valence-electron chi connectivity index (χ1n) is 8.46. The number of anilines is 1. The van der Waals surface area contributed by atoms with E-state index in [1.807, 2.05) is 12.1 Å². The van der Waals surface area contributed by atoms with Crippen molar-refractivity contribution < 1.29 is 9.21 Å². The van der Waals surface area contributed by atoms with Crippen LogP contribution in [0.1, 0.15) is 35.2 Å². The zero-order chi connectivity index (χ0) is 16.5. The van der Waals surface area contributed by atoms with E-state index in [2.05, 4.69) is 28.6 Å². The molecule has 0 saturated carbocycles. The van der Waals surface area contributed by atoms with Gasteiger partial charge in [0.25, 0.3) is 5.91 Å². The van der Waals surface area contributed by atoms with Crippen LogP contribution in [0.5, 0.6) is 0 Å². The predicted octanol–water partition coefficient (Wildman–Crippen LogP) is 3.48. The molecule has 24 heavy (non-hydrogen) atoms. The van der Waals surface area contributed by atoms with E-state index in [1.54, 1.807) is 12.1 Å². The Kier molecular flexibility index (Phi) is 3.86. The highest BCUT2D eigenvalue weighted by Gasteiger charge is 2.22. The molecule has 1 amide bonds. The van der Waals surface area contributed by atoms with Crippen LogP contribution >= 0.6 is 0 Å². The maximum Gasteiger partial charge on any atom is 0.291 e. The van der Waals surface area contributed by atoms with E-state index in [-0.39, 0.29) is 5.91 Å². The van der Waals surface area contributed by atoms with Gasteiger partial charge in [-0.05, 0) is 61.7 Å². The molecule has 2 aromatic heterocycles. The third kappa shape index (κ3) is 2.71. The fraction of sp³-hybridized carbons (Fsp3) is 0.316. The molecule has 1 unspecified atom stereocenters. The van der Waals surface area contributed by atoms with Gasteiger partial charge in [0.05, 0.1) is 6.26 Å². The number of H-pyrrole nitrogens is 1. The molecule has 4 rings (SSSR count). The van der Waals surface area contributed by atoms with Crippen LogP contribution in [0.4, 0.5) is 5.69 Å². The van der Waals surface area contributed by atoms with E-state index >= 15 is 0 Å².